The van der Waals surface area contributed by atoms with Crippen molar-refractivity contribution in [3.63, 3.8) is 0 Å². The minimum Gasteiger partial charge on any atom is -0.479 e. The first-order valence-electron chi connectivity index (χ1n) is 4.81. The summed E-state index contributed by atoms with van der Waals surface area (Å²) in [4.78, 5) is 10.5. The van der Waals surface area contributed by atoms with Crippen LogP contribution in [-0.2, 0) is 11.0 Å². The quantitative estimate of drug-likeness (QED) is 0.862. The maximum absolute atomic E-state index is 12.3. The first-order chi connectivity index (χ1) is 7.73. The molecule has 0 radical (unpaired) electrons. The summed E-state index contributed by atoms with van der Waals surface area (Å²) < 4.78 is 36.8. The van der Waals surface area contributed by atoms with Crippen molar-refractivity contribution in [1.29, 1.82) is 0 Å². The van der Waals surface area contributed by atoms with Crippen molar-refractivity contribution in [3.8, 4) is 0 Å². The number of carboxylic acids is 1. The molecule has 0 aliphatic heterocycles. The molecule has 0 amide bonds. The molecule has 3 nitrogen and oxygen atoms in total. The van der Waals surface area contributed by atoms with Crippen LogP contribution in [0, 0.1) is 0 Å². The number of aliphatic carboxylic acids is 1. The van der Waals surface area contributed by atoms with Gasteiger partial charge in [0.2, 0.25) is 0 Å². The van der Waals surface area contributed by atoms with Crippen LogP contribution in [0.4, 0.5) is 13.2 Å². The molecule has 2 unspecified atom stereocenters. The van der Waals surface area contributed by atoms with Gasteiger partial charge in [0.1, 0.15) is 0 Å². The third-order valence-corrected chi connectivity index (χ3v) is 2.49. The van der Waals surface area contributed by atoms with E-state index in [-0.39, 0.29) is 0 Å². The van der Waals surface area contributed by atoms with Gasteiger partial charge in [-0.25, -0.2) is 4.79 Å². The van der Waals surface area contributed by atoms with Crippen molar-refractivity contribution >= 4 is 5.97 Å². The van der Waals surface area contributed by atoms with Gasteiger partial charge in [0.05, 0.1) is 5.56 Å². The number of aliphatic hydroxyl groups excluding tert-OH is 1. The minimum absolute atomic E-state index is 0.341. The van der Waals surface area contributed by atoms with Crippen LogP contribution in [0.25, 0.3) is 0 Å². The van der Waals surface area contributed by atoms with Crippen molar-refractivity contribution < 1.29 is 28.2 Å². The van der Waals surface area contributed by atoms with Crippen molar-refractivity contribution in [1.82, 2.24) is 0 Å². The molecule has 2 atom stereocenters. The molecule has 0 fully saturated rings. The zero-order chi connectivity index (χ0) is 13.2. The first kappa shape index (κ1) is 13.5. The summed E-state index contributed by atoms with van der Waals surface area (Å²) >= 11 is 0. The number of alkyl halides is 3. The Labute approximate surface area is 95.5 Å². The van der Waals surface area contributed by atoms with Crippen LogP contribution in [-0.4, -0.2) is 22.3 Å². The molecule has 1 aromatic carbocycles. The fourth-order valence-electron chi connectivity index (χ4n) is 1.37. The largest absolute Gasteiger partial charge is 0.479 e. The molecule has 0 saturated heterocycles. The normalized spacial score (nSPS) is 15.4. The molecule has 1 aromatic rings. The van der Waals surface area contributed by atoms with Gasteiger partial charge in [-0.2, -0.15) is 13.2 Å². The lowest BCUT2D eigenvalue weighted by Gasteiger charge is -2.16. The fraction of sp³-hybridized carbons (Fsp3) is 0.364. The Hall–Kier alpha value is -1.56. The summed E-state index contributed by atoms with van der Waals surface area (Å²) in [5.41, 5.74) is -0.467. The minimum atomic E-state index is -4.42. The molecule has 0 saturated carbocycles. The van der Waals surface area contributed by atoms with E-state index >= 15 is 0 Å². The highest BCUT2D eigenvalue weighted by Gasteiger charge is 2.30. The van der Waals surface area contributed by atoms with Gasteiger partial charge in [-0.15, -0.1) is 0 Å². The third-order valence-electron chi connectivity index (χ3n) is 2.49. The molecule has 0 bridgehead atoms. The average Bonchev–Trinajstić information content (AvgIpc) is 2.26. The lowest BCUT2D eigenvalue weighted by Crippen LogP contribution is -2.25. The highest BCUT2D eigenvalue weighted by atomic mass is 19.4. The summed E-state index contributed by atoms with van der Waals surface area (Å²) in [5, 5.41) is 17.8. The molecular formula is C11H11F3O3. The van der Waals surface area contributed by atoms with Gasteiger partial charge >= 0.3 is 12.1 Å². The van der Waals surface area contributed by atoms with Crippen LogP contribution in [0.5, 0.6) is 0 Å². The van der Waals surface area contributed by atoms with E-state index in [0.717, 1.165) is 12.1 Å². The monoisotopic (exact) mass is 248 g/mol. The van der Waals surface area contributed by atoms with E-state index in [1.807, 2.05) is 0 Å². The summed E-state index contributed by atoms with van der Waals surface area (Å²) in [6.45, 7) is 1.43. The molecular weight excluding hydrogens is 237 g/mol. The summed E-state index contributed by atoms with van der Waals surface area (Å²) in [6.07, 6.45) is -6.06. The predicted octanol–water partition coefficient (Wildman–Crippen LogP) is 2.25. The zero-order valence-electron chi connectivity index (χ0n) is 8.90. The average molecular weight is 248 g/mol. The lowest BCUT2D eigenvalue weighted by molar-refractivity contribution is -0.147. The van der Waals surface area contributed by atoms with Crippen LogP contribution in [0.15, 0.2) is 24.3 Å². The number of hydrogen-bond acceptors (Lipinski definition) is 2. The van der Waals surface area contributed by atoms with Crippen LogP contribution in [0.1, 0.15) is 24.0 Å². The van der Waals surface area contributed by atoms with E-state index in [1.54, 1.807) is 0 Å². The van der Waals surface area contributed by atoms with Crippen LogP contribution >= 0.6 is 0 Å². The van der Waals surface area contributed by atoms with Crippen LogP contribution in [0.2, 0.25) is 0 Å². The molecule has 1 rings (SSSR count). The highest BCUT2D eigenvalue weighted by Crippen LogP contribution is 2.30. The molecule has 0 aliphatic rings. The second kappa shape index (κ2) is 4.75. The Kier molecular flexibility index (Phi) is 3.77. The van der Waals surface area contributed by atoms with Gasteiger partial charge in [-0.3, -0.25) is 0 Å². The van der Waals surface area contributed by atoms with Crippen molar-refractivity contribution in [2.24, 2.45) is 0 Å². The highest BCUT2D eigenvalue weighted by molar-refractivity contribution is 5.73. The molecule has 0 aliphatic carbocycles. The molecule has 2 N–H and O–H groups in total. The van der Waals surface area contributed by atoms with E-state index in [9.17, 15) is 23.1 Å². The Morgan fingerprint density at radius 3 is 2.06 bits per heavy atom. The number of benzene rings is 1. The third kappa shape index (κ3) is 3.20. The maximum Gasteiger partial charge on any atom is 0.416 e. The summed E-state index contributed by atoms with van der Waals surface area (Å²) in [5.74, 6) is -2.17. The smallest absolute Gasteiger partial charge is 0.416 e. The summed E-state index contributed by atoms with van der Waals surface area (Å²) in [6, 6.07) is 4.06. The van der Waals surface area contributed by atoms with E-state index in [4.69, 9.17) is 5.11 Å². The summed E-state index contributed by atoms with van der Waals surface area (Å²) in [7, 11) is 0. The number of carbonyl (C=O) groups is 1. The number of hydrogen-bond donors (Lipinski definition) is 2. The van der Waals surface area contributed by atoms with E-state index in [1.165, 1.54) is 19.1 Å². The Morgan fingerprint density at radius 2 is 1.71 bits per heavy atom. The Bertz CT molecular complexity index is 397. The fourth-order valence-corrected chi connectivity index (χ4v) is 1.37. The van der Waals surface area contributed by atoms with Crippen molar-refractivity contribution in [3.05, 3.63) is 35.4 Å². The van der Waals surface area contributed by atoms with Gasteiger partial charge in [0.25, 0.3) is 0 Å². The van der Waals surface area contributed by atoms with Crippen LogP contribution in [0.3, 0.4) is 0 Å². The molecule has 0 heterocycles. The number of carboxylic acid groups (broad SMARTS) is 1. The second-order valence-electron chi connectivity index (χ2n) is 3.69. The lowest BCUT2D eigenvalue weighted by atomic mass is 9.94. The predicted molar refractivity (Wildman–Crippen MR) is 53.5 cm³/mol. The van der Waals surface area contributed by atoms with Gasteiger partial charge in [-0.1, -0.05) is 19.1 Å². The maximum atomic E-state index is 12.3. The molecule has 17 heavy (non-hydrogen) atoms. The Balaban J connectivity index is 2.92. The van der Waals surface area contributed by atoms with Gasteiger partial charge in [0, 0.05) is 5.92 Å². The standard InChI is InChI=1S/C11H11F3O3/c1-6(9(15)10(16)17)7-2-4-8(5-3-7)11(12,13)14/h2-6,9,15H,1H3,(H,16,17). The van der Waals surface area contributed by atoms with E-state index in [2.05, 4.69) is 0 Å². The first-order valence-corrected chi connectivity index (χ1v) is 4.81. The molecule has 94 valence electrons. The Morgan fingerprint density at radius 1 is 1.24 bits per heavy atom. The number of rotatable bonds is 3. The molecule has 6 heteroatoms. The van der Waals surface area contributed by atoms with Gasteiger partial charge < -0.3 is 10.2 Å². The van der Waals surface area contributed by atoms with Gasteiger partial charge in [-0.05, 0) is 17.7 Å². The topological polar surface area (TPSA) is 57.5 Å². The second-order valence-corrected chi connectivity index (χ2v) is 3.69. The van der Waals surface area contributed by atoms with Crippen molar-refractivity contribution in [2.45, 2.75) is 25.1 Å². The zero-order valence-corrected chi connectivity index (χ0v) is 8.90. The van der Waals surface area contributed by atoms with Gasteiger partial charge in [0.15, 0.2) is 6.10 Å². The van der Waals surface area contributed by atoms with E-state index < -0.39 is 29.7 Å². The SMILES string of the molecule is CC(c1ccc(C(F)(F)F)cc1)C(O)C(=O)O. The molecule has 0 aromatic heterocycles. The number of aliphatic hydroxyl groups is 1. The van der Waals surface area contributed by atoms with E-state index in [0.29, 0.717) is 5.56 Å². The molecule has 0 spiro atoms. The van der Waals surface area contributed by atoms with Crippen molar-refractivity contribution in [2.75, 3.05) is 0 Å². The number of halogens is 3. The van der Waals surface area contributed by atoms with Crippen LogP contribution < -0.4 is 0 Å².